The molecule has 1 heterocycles. The highest BCUT2D eigenvalue weighted by Crippen LogP contribution is 2.36. The first kappa shape index (κ1) is 12.0. The second-order valence-corrected chi connectivity index (χ2v) is 4.68. The van der Waals surface area contributed by atoms with E-state index in [2.05, 4.69) is 5.32 Å². The van der Waals surface area contributed by atoms with Crippen molar-refractivity contribution in [3.63, 3.8) is 0 Å². The van der Waals surface area contributed by atoms with Crippen molar-refractivity contribution in [1.82, 2.24) is 0 Å². The fourth-order valence-electron chi connectivity index (χ4n) is 2.53. The number of anilines is 1. The lowest BCUT2D eigenvalue weighted by Crippen LogP contribution is -2.06. The third-order valence-corrected chi connectivity index (χ3v) is 3.41. The van der Waals surface area contributed by atoms with E-state index < -0.39 is 0 Å². The number of hydrogen-bond donors (Lipinski definition) is 1. The summed E-state index contributed by atoms with van der Waals surface area (Å²) in [5.74, 6) is 0.680. The molecule has 1 atom stereocenters. The molecule has 3 rings (SSSR count). The van der Waals surface area contributed by atoms with Gasteiger partial charge in [-0.25, -0.2) is 4.39 Å². The van der Waals surface area contributed by atoms with E-state index >= 15 is 0 Å². The molecule has 3 heteroatoms. The van der Waals surface area contributed by atoms with E-state index in [1.165, 1.54) is 6.07 Å². The Labute approximate surface area is 112 Å². The van der Waals surface area contributed by atoms with Gasteiger partial charge in [-0.05, 0) is 42.7 Å². The van der Waals surface area contributed by atoms with Crippen LogP contribution < -0.4 is 10.1 Å². The molecule has 1 N–H and O–H groups in total. The molecule has 0 fully saturated rings. The number of halogens is 1. The van der Waals surface area contributed by atoms with Gasteiger partial charge in [0.15, 0.2) is 0 Å². The molecular weight excluding hydrogens is 241 g/mol. The predicted octanol–water partition coefficient (Wildman–Crippen LogP) is 3.93. The number of ether oxygens (including phenoxy) is 1. The van der Waals surface area contributed by atoms with E-state index in [-0.39, 0.29) is 11.9 Å². The summed E-state index contributed by atoms with van der Waals surface area (Å²) >= 11 is 0. The Morgan fingerprint density at radius 3 is 2.89 bits per heavy atom. The van der Waals surface area contributed by atoms with Crippen LogP contribution in [0.2, 0.25) is 0 Å². The molecule has 0 aromatic heterocycles. The molecule has 19 heavy (non-hydrogen) atoms. The van der Waals surface area contributed by atoms with Crippen molar-refractivity contribution >= 4 is 5.69 Å². The maximum atomic E-state index is 13.7. The lowest BCUT2D eigenvalue weighted by Gasteiger charge is -2.13. The minimum Gasteiger partial charge on any atom is -0.494 e. The second kappa shape index (κ2) is 4.92. The predicted molar refractivity (Wildman–Crippen MR) is 74.1 cm³/mol. The molecule has 0 saturated carbocycles. The molecule has 0 amide bonds. The molecule has 0 aliphatic carbocycles. The zero-order chi connectivity index (χ0) is 13.2. The van der Waals surface area contributed by atoms with Gasteiger partial charge in [0, 0.05) is 0 Å². The van der Waals surface area contributed by atoms with Gasteiger partial charge >= 0.3 is 0 Å². The molecule has 0 bridgehead atoms. The molecule has 1 unspecified atom stereocenters. The molecule has 0 saturated heterocycles. The highest BCUT2D eigenvalue weighted by molar-refractivity contribution is 5.59. The summed E-state index contributed by atoms with van der Waals surface area (Å²) in [6.07, 6.45) is 0.808. The molecule has 2 aromatic rings. The van der Waals surface area contributed by atoms with Gasteiger partial charge in [0.05, 0.1) is 18.3 Å². The molecular formula is C16H16FNO. The lowest BCUT2D eigenvalue weighted by molar-refractivity contribution is 0.339. The second-order valence-electron chi connectivity index (χ2n) is 4.68. The van der Waals surface area contributed by atoms with E-state index in [0.717, 1.165) is 23.3 Å². The topological polar surface area (TPSA) is 21.3 Å². The Hall–Kier alpha value is -2.03. The van der Waals surface area contributed by atoms with Crippen LogP contribution in [-0.2, 0) is 6.42 Å². The number of fused-ring (bicyclic) bond motifs is 1. The number of rotatable bonds is 3. The van der Waals surface area contributed by atoms with Gasteiger partial charge in [-0.1, -0.05) is 24.3 Å². The van der Waals surface area contributed by atoms with Crippen molar-refractivity contribution in [3.8, 4) is 5.75 Å². The van der Waals surface area contributed by atoms with E-state index in [1.54, 1.807) is 6.07 Å². The minimum absolute atomic E-state index is 0.118. The summed E-state index contributed by atoms with van der Waals surface area (Å²) in [5, 5.41) is 3.26. The van der Waals surface area contributed by atoms with Crippen molar-refractivity contribution in [2.75, 3.05) is 11.9 Å². The minimum atomic E-state index is -0.180. The maximum Gasteiger partial charge on any atom is 0.146 e. The normalized spacial score (nSPS) is 16.8. The van der Waals surface area contributed by atoms with Gasteiger partial charge < -0.3 is 10.1 Å². The molecule has 2 nitrogen and oxygen atoms in total. The van der Waals surface area contributed by atoms with E-state index in [0.29, 0.717) is 12.3 Å². The van der Waals surface area contributed by atoms with Crippen LogP contribution in [0.4, 0.5) is 10.1 Å². The number of para-hydroxylation sites is 1. The quantitative estimate of drug-likeness (QED) is 0.899. The third-order valence-electron chi connectivity index (χ3n) is 3.41. The standard InChI is InChI=1S/C16H16FNO/c1-2-19-13-7-3-5-11(9-13)15-10-12-6-4-8-14(17)16(12)18-15/h3-9,15,18H,2,10H2,1H3. The smallest absolute Gasteiger partial charge is 0.146 e. The summed E-state index contributed by atoms with van der Waals surface area (Å²) in [5.41, 5.74) is 2.79. The van der Waals surface area contributed by atoms with Crippen LogP contribution in [0.25, 0.3) is 0 Å². The SMILES string of the molecule is CCOc1cccc(C2Cc3cccc(F)c3N2)c1. The fraction of sp³-hybridized carbons (Fsp3) is 0.250. The van der Waals surface area contributed by atoms with Crippen LogP contribution in [0.5, 0.6) is 5.75 Å². The first-order valence-corrected chi connectivity index (χ1v) is 6.54. The van der Waals surface area contributed by atoms with Crippen molar-refractivity contribution in [3.05, 3.63) is 59.4 Å². The summed E-state index contributed by atoms with van der Waals surface area (Å²) in [7, 11) is 0. The lowest BCUT2D eigenvalue weighted by atomic mass is 10.0. The Morgan fingerprint density at radius 1 is 1.26 bits per heavy atom. The molecule has 98 valence electrons. The fourth-order valence-corrected chi connectivity index (χ4v) is 2.53. The average molecular weight is 257 g/mol. The molecule has 0 radical (unpaired) electrons. The van der Waals surface area contributed by atoms with Gasteiger partial charge in [0.2, 0.25) is 0 Å². The monoisotopic (exact) mass is 257 g/mol. The van der Waals surface area contributed by atoms with Gasteiger partial charge in [-0.15, -0.1) is 0 Å². The van der Waals surface area contributed by atoms with Crippen LogP contribution in [0, 0.1) is 5.82 Å². The number of benzene rings is 2. The summed E-state index contributed by atoms with van der Waals surface area (Å²) < 4.78 is 19.2. The zero-order valence-electron chi connectivity index (χ0n) is 10.8. The molecule has 0 spiro atoms. The van der Waals surface area contributed by atoms with Crippen molar-refractivity contribution in [1.29, 1.82) is 0 Å². The first-order chi connectivity index (χ1) is 9.28. The Morgan fingerprint density at radius 2 is 2.11 bits per heavy atom. The Bertz CT molecular complexity index is 597. The van der Waals surface area contributed by atoms with Gasteiger partial charge in [-0.2, -0.15) is 0 Å². The van der Waals surface area contributed by atoms with Gasteiger partial charge in [0.25, 0.3) is 0 Å². The number of hydrogen-bond acceptors (Lipinski definition) is 2. The van der Waals surface area contributed by atoms with E-state index in [1.807, 2.05) is 37.3 Å². The Kier molecular flexibility index (Phi) is 3.11. The Balaban J connectivity index is 1.86. The largest absolute Gasteiger partial charge is 0.494 e. The highest BCUT2D eigenvalue weighted by atomic mass is 19.1. The maximum absolute atomic E-state index is 13.7. The molecule has 2 aromatic carbocycles. The van der Waals surface area contributed by atoms with Crippen LogP contribution in [0.1, 0.15) is 24.1 Å². The molecule has 1 aliphatic rings. The summed E-state index contributed by atoms with van der Waals surface area (Å²) in [4.78, 5) is 0. The van der Waals surface area contributed by atoms with Crippen molar-refractivity contribution < 1.29 is 9.13 Å². The highest BCUT2D eigenvalue weighted by Gasteiger charge is 2.24. The van der Waals surface area contributed by atoms with Crippen LogP contribution in [0.3, 0.4) is 0 Å². The first-order valence-electron chi connectivity index (χ1n) is 6.54. The van der Waals surface area contributed by atoms with Crippen LogP contribution >= 0.6 is 0 Å². The van der Waals surface area contributed by atoms with Crippen LogP contribution in [0.15, 0.2) is 42.5 Å². The van der Waals surface area contributed by atoms with Gasteiger partial charge in [-0.3, -0.25) is 0 Å². The number of nitrogens with one attached hydrogen (secondary N) is 1. The summed E-state index contributed by atoms with van der Waals surface area (Å²) in [6, 6.07) is 13.3. The summed E-state index contributed by atoms with van der Waals surface area (Å²) in [6.45, 7) is 2.61. The average Bonchev–Trinajstić information content (AvgIpc) is 2.85. The van der Waals surface area contributed by atoms with E-state index in [4.69, 9.17) is 4.74 Å². The van der Waals surface area contributed by atoms with E-state index in [9.17, 15) is 4.39 Å². The molecule has 1 aliphatic heterocycles. The zero-order valence-corrected chi connectivity index (χ0v) is 10.8. The third kappa shape index (κ3) is 2.28. The van der Waals surface area contributed by atoms with Crippen molar-refractivity contribution in [2.45, 2.75) is 19.4 Å². The van der Waals surface area contributed by atoms with Crippen molar-refractivity contribution in [2.24, 2.45) is 0 Å². The van der Waals surface area contributed by atoms with Gasteiger partial charge in [0.1, 0.15) is 11.6 Å². The van der Waals surface area contributed by atoms with Crippen LogP contribution in [-0.4, -0.2) is 6.61 Å².